The lowest BCUT2D eigenvalue weighted by atomic mass is 10.1. The number of amides is 2. The first-order valence-corrected chi connectivity index (χ1v) is 5.22. The van der Waals surface area contributed by atoms with Gasteiger partial charge in [-0.15, -0.1) is 0 Å². The van der Waals surface area contributed by atoms with Gasteiger partial charge in [-0.1, -0.05) is 30.3 Å². The van der Waals surface area contributed by atoms with Crippen LogP contribution in [0, 0.1) is 0 Å². The summed E-state index contributed by atoms with van der Waals surface area (Å²) in [6.45, 7) is 1.63. The van der Waals surface area contributed by atoms with Crippen LogP contribution in [-0.2, 0) is 16.0 Å². The molecule has 0 aromatic heterocycles. The van der Waals surface area contributed by atoms with E-state index in [0.717, 1.165) is 5.56 Å². The highest BCUT2D eigenvalue weighted by Gasteiger charge is 2.02. The highest BCUT2D eigenvalue weighted by atomic mass is 16.2. The number of rotatable bonds is 5. The molecular formula is C12H15N3O2. The molecule has 0 aliphatic heterocycles. The van der Waals surface area contributed by atoms with Crippen LogP contribution >= 0.6 is 0 Å². The summed E-state index contributed by atoms with van der Waals surface area (Å²) in [6.07, 6.45) is 0.305. The molecular weight excluding hydrogens is 218 g/mol. The number of nitrogens with zero attached hydrogens (tertiary/aromatic N) is 1. The molecule has 0 saturated carbocycles. The first-order chi connectivity index (χ1) is 8.08. The third kappa shape index (κ3) is 5.46. The van der Waals surface area contributed by atoms with Crippen LogP contribution in [-0.4, -0.2) is 17.5 Å². The largest absolute Gasteiger partial charge is 0.369 e. The topological polar surface area (TPSA) is 84.6 Å². The summed E-state index contributed by atoms with van der Waals surface area (Å²) in [5.74, 6) is -0.691. The third-order valence-corrected chi connectivity index (χ3v) is 2.01. The van der Waals surface area contributed by atoms with Crippen molar-refractivity contribution in [2.45, 2.75) is 19.8 Å². The summed E-state index contributed by atoms with van der Waals surface area (Å²) in [5.41, 5.74) is 8.76. The summed E-state index contributed by atoms with van der Waals surface area (Å²) in [6, 6.07) is 9.34. The summed E-state index contributed by atoms with van der Waals surface area (Å²) < 4.78 is 0. The number of nitrogens with one attached hydrogen (secondary N) is 1. The molecule has 0 spiro atoms. The maximum Gasteiger partial charge on any atom is 0.244 e. The van der Waals surface area contributed by atoms with Gasteiger partial charge in [-0.25, -0.2) is 5.43 Å². The van der Waals surface area contributed by atoms with Crippen LogP contribution in [0.2, 0.25) is 0 Å². The van der Waals surface area contributed by atoms with Crippen LogP contribution in [0.25, 0.3) is 0 Å². The van der Waals surface area contributed by atoms with Gasteiger partial charge in [0.2, 0.25) is 11.8 Å². The molecule has 0 fully saturated rings. The SMILES string of the molecule is C/C(CC(N)=O)=N\NC(=O)Cc1ccccc1. The summed E-state index contributed by atoms with van der Waals surface area (Å²) in [5, 5.41) is 3.78. The Balaban J connectivity index is 2.43. The zero-order valence-electron chi connectivity index (χ0n) is 9.64. The molecule has 0 radical (unpaired) electrons. The van der Waals surface area contributed by atoms with Crippen molar-refractivity contribution in [1.29, 1.82) is 0 Å². The van der Waals surface area contributed by atoms with Gasteiger partial charge in [0.05, 0.1) is 12.8 Å². The third-order valence-electron chi connectivity index (χ3n) is 2.01. The molecule has 1 aromatic rings. The quantitative estimate of drug-likeness (QED) is 0.576. The van der Waals surface area contributed by atoms with E-state index in [1.54, 1.807) is 6.92 Å². The van der Waals surface area contributed by atoms with Gasteiger partial charge in [0.15, 0.2) is 0 Å². The molecule has 90 valence electrons. The van der Waals surface area contributed by atoms with Crippen LogP contribution in [0.3, 0.4) is 0 Å². The van der Waals surface area contributed by atoms with Crippen molar-refractivity contribution in [3.63, 3.8) is 0 Å². The minimum atomic E-state index is -0.469. The standard InChI is InChI=1S/C12H15N3O2/c1-9(7-11(13)16)14-15-12(17)8-10-5-3-2-4-6-10/h2-6H,7-8H2,1H3,(H2,13,16)(H,15,17)/b14-9+. The Bertz CT molecular complexity index is 427. The maximum absolute atomic E-state index is 11.5. The number of hydrogen-bond acceptors (Lipinski definition) is 3. The lowest BCUT2D eigenvalue weighted by molar-refractivity contribution is -0.120. The molecule has 17 heavy (non-hydrogen) atoms. The number of hydrogen-bond donors (Lipinski definition) is 2. The predicted octanol–water partition coefficient (Wildman–Crippen LogP) is 0.597. The fourth-order valence-electron chi connectivity index (χ4n) is 1.27. The molecule has 0 bridgehead atoms. The van der Waals surface area contributed by atoms with E-state index in [4.69, 9.17) is 5.73 Å². The Morgan fingerprint density at radius 3 is 2.53 bits per heavy atom. The molecule has 2 amide bonds. The first kappa shape index (κ1) is 12.9. The van der Waals surface area contributed by atoms with E-state index in [0.29, 0.717) is 5.71 Å². The lowest BCUT2D eigenvalue weighted by Gasteiger charge is -2.01. The number of hydrazone groups is 1. The molecule has 0 saturated heterocycles. The molecule has 0 aliphatic rings. The van der Waals surface area contributed by atoms with E-state index >= 15 is 0 Å². The highest BCUT2D eigenvalue weighted by Crippen LogP contribution is 1.99. The maximum atomic E-state index is 11.5. The summed E-state index contributed by atoms with van der Waals surface area (Å²) >= 11 is 0. The molecule has 3 N–H and O–H groups in total. The monoisotopic (exact) mass is 233 g/mol. The second-order valence-corrected chi connectivity index (χ2v) is 3.69. The average Bonchev–Trinajstić information content (AvgIpc) is 2.27. The number of nitrogens with two attached hydrogens (primary N) is 1. The van der Waals surface area contributed by atoms with Gasteiger partial charge < -0.3 is 5.73 Å². The second-order valence-electron chi connectivity index (χ2n) is 3.69. The van der Waals surface area contributed by atoms with Crippen molar-refractivity contribution in [2.75, 3.05) is 0 Å². The molecule has 0 aliphatic carbocycles. The normalized spacial score (nSPS) is 11.0. The van der Waals surface area contributed by atoms with E-state index in [-0.39, 0.29) is 18.7 Å². The fraction of sp³-hybridized carbons (Fsp3) is 0.250. The van der Waals surface area contributed by atoms with Crippen LogP contribution in [0.5, 0.6) is 0 Å². The molecule has 5 heteroatoms. The van der Waals surface area contributed by atoms with E-state index in [9.17, 15) is 9.59 Å². The second kappa shape index (κ2) is 6.42. The van der Waals surface area contributed by atoms with Crippen molar-refractivity contribution in [3.05, 3.63) is 35.9 Å². The van der Waals surface area contributed by atoms with E-state index in [1.165, 1.54) is 0 Å². The molecule has 0 atom stereocenters. The Labute approximate surface area is 99.7 Å². The van der Waals surface area contributed by atoms with Gasteiger partial charge in [0.25, 0.3) is 0 Å². The van der Waals surface area contributed by atoms with E-state index < -0.39 is 5.91 Å². The van der Waals surface area contributed by atoms with Crippen LogP contribution < -0.4 is 11.2 Å². The number of carbonyl (C=O) groups excluding carboxylic acids is 2. The fourth-order valence-corrected chi connectivity index (χ4v) is 1.27. The molecule has 0 unspecified atom stereocenters. The van der Waals surface area contributed by atoms with Crippen LogP contribution in [0.4, 0.5) is 0 Å². The van der Waals surface area contributed by atoms with Gasteiger partial charge in [-0.05, 0) is 12.5 Å². The van der Waals surface area contributed by atoms with Gasteiger partial charge in [0.1, 0.15) is 0 Å². The summed E-state index contributed by atoms with van der Waals surface area (Å²) in [4.78, 5) is 22.0. The summed E-state index contributed by atoms with van der Waals surface area (Å²) in [7, 11) is 0. The van der Waals surface area contributed by atoms with Gasteiger partial charge in [-0.2, -0.15) is 5.10 Å². The van der Waals surface area contributed by atoms with Gasteiger partial charge in [0, 0.05) is 5.71 Å². The zero-order chi connectivity index (χ0) is 12.7. The minimum absolute atomic E-state index is 0.0472. The molecule has 0 heterocycles. The van der Waals surface area contributed by atoms with E-state index in [1.807, 2.05) is 30.3 Å². The lowest BCUT2D eigenvalue weighted by Crippen LogP contribution is -2.22. The van der Waals surface area contributed by atoms with Crippen LogP contribution in [0.1, 0.15) is 18.9 Å². The molecule has 1 aromatic carbocycles. The Morgan fingerprint density at radius 2 is 1.94 bits per heavy atom. The van der Waals surface area contributed by atoms with E-state index in [2.05, 4.69) is 10.5 Å². The van der Waals surface area contributed by atoms with Crippen LogP contribution in [0.15, 0.2) is 35.4 Å². The van der Waals surface area contributed by atoms with Gasteiger partial charge >= 0.3 is 0 Å². The van der Waals surface area contributed by atoms with Crippen molar-refractivity contribution >= 4 is 17.5 Å². The van der Waals surface area contributed by atoms with Gasteiger partial charge in [-0.3, -0.25) is 9.59 Å². The number of benzene rings is 1. The number of primary amides is 1. The molecule has 5 nitrogen and oxygen atoms in total. The first-order valence-electron chi connectivity index (χ1n) is 5.22. The Hall–Kier alpha value is -2.17. The average molecular weight is 233 g/mol. The van der Waals surface area contributed by atoms with Crippen molar-refractivity contribution < 1.29 is 9.59 Å². The van der Waals surface area contributed by atoms with Crippen molar-refractivity contribution in [2.24, 2.45) is 10.8 Å². The minimum Gasteiger partial charge on any atom is -0.369 e. The number of carbonyl (C=O) groups is 2. The highest BCUT2D eigenvalue weighted by molar-refractivity contribution is 5.99. The predicted molar refractivity (Wildman–Crippen MR) is 65.2 cm³/mol. The smallest absolute Gasteiger partial charge is 0.244 e. The Morgan fingerprint density at radius 1 is 1.29 bits per heavy atom. The Kier molecular flexibility index (Phi) is 4.87. The molecule has 1 rings (SSSR count). The van der Waals surface area contributed by atoms with Crippen molar-refractivity contribution in [3.8, 4) is 0 Å². The zero-order valence-corrected chi connectivity index (χ0v) is 9.64. The van der Waals surface area contributed by atoms with Crippen molar-refractivity contribution in [1.82, 2.24) is 5.43 Å².